The van der Waals surface area contributed by atoms with Crippen molar-refractivity contribution in [3.8, 4) is 0 Å². The first-order valence-corrected chi connectivity index (χ1v) is 14.3. The summed E-state index contributed by atoms with van der Waals surface area (Å²) in [7, 11) is 0. The van der Waals surface area contributed by atoms with Crippen LogP contribution in [0.1, 0.15) is 71.1 Å². The quantitative estimate of drug-likeness (QED) is 0.193. The second-order valence-electron chi connectivity index (χ2n) is 10.1. The lowest BCUT2D eigenvalue weighted by Gasteiger charge is -2.24. The van der Waals surface area contributed by atoms with Crippen molar-refractivity contribution in [3.63, 3.8) is 0 Å². The predicted octanol–water partition coefficient (Wildman–Crippen LogP) is 4.41. The molecular weight excluding hydrogens is 488 g/mol. The van der Waals surface area contributed by atoms with Gasteiger partial charge in [-0.2, -0.15) is 0 Å². The molecule has 216 valence electrons. The Kier molecular flexibility index (Phi) is 16.7. The fourth-order valence-corrected chi connectivity index (χ4v) is 4.48. The van der Waals surface area contributed by atoms with Crippen molar-refractivity contribution in [2.24, 2.45) is 11.8 Å². The normalized spacial score (nSPS) is 20.7. The molecule has 38 heavy (non-hydrogen) atoms. The van der Waals surface area contributed by atoms with Gasteiger partial charge in [0.05, 0.1) is 39.6 Å². The van der Waals surface area contributed by atoms with Gasteiger partial charge in [0.15, 0.2) is 5.78 Å². The third-order valence-electron chi connectivity index (χ3n) is 7.03. The third-order valence-corrected chi connectivity index (χ3v) is 7.03. The van der Waals surface area contributed by atoms with Crippen LogP contribution in [-0.2, 0) is 28.5 Å². The Balaban J connectivity index is 1.30. The first-order chi connectivity index (χ1) is 18.5. The van der Waals surface area contributed by atoms with E-state index in [1.807, 2.05) is 0 Å². The summed E-state index contributed by atoms with van der Waals surface area (Å²) in [4.78, 5) is 37.1. The zero-order valence-corrected chi connectivity index (χ0v) is 23.3. The molecule has 0 bridgehead atoms. The molecule has 9 heteroatoms. The Morgan fingerprint density at radius 1 is 0.947 bits per heavy atom. The predicted molar refractivity (Wildman–Crippen MR) is 146 cm³/mol. The van der Waals surface area contributed by atoms with Crippen LogP contribution in [0.3, 0.4) is 0 Å². The molecule has 0 spiro atoms. The van der Waals surface area contributed by atoms with Gasteiger partial charge in [0.1, 0.15) is 0 Å². The molecule has 0 aromatic heterocycles. The van der Waals surface area contributed by atoms with Gasteiger partial charge in [0.2, 0.25) is 5.91 Å². The van der Waals surface area contributed by atoms with Gasteiger partial charge in [-0.15, -0.1) is 0 Å². The third kappa shape index (κ3) is 14.1. The number of likely N-dealkylation sites (tertiary alicyclic amines) is 1. The molecule has 2 aliphatic rings. The maximum Gasteiger partial charge on any atom is 0.407 e. The highest BCUT2D eigenvalue weighted by atomic mass is 16.6. The fourth-order valence-electron chi connectivity index (χ4n) is 4.48. The van der Waals surface area contributed by atoms with E-state index >= 15 is 0 Å². The standard InChI is InChI=1S/C29H48N2O7/c1-24-10-6-3-4-7-11-26(24)23-38-29(34)30-15-19-37-21-20-36-17-9-5-8-16-35-18-14-27(32)22-31-25(2)12-13-28(31)33/h3-4,24,26H,2,5-23H2,1H3,(H,30,34)/b4-3-/t24?,26-/m0/s1. The molecule has 1 N–H and O–H groups in total. The van der Waals surface area contributed by atoms with Crippen molar-refractivity contribution >= 4 is 17.8 Å². The van der Waals surface area contributed by atoms with Crippen LogP contribution in [0.5, 0.6) is 0 Å². The number of allylic oxidation sites excluding steroid dienone is 3. The van der Waals surface area contributed by atoms with Gasteiger partial charge in [-0.1, -0.05) is 25.7 Å². The van der Waals surface area contributed by atoms with Crippen LogP contribution in [0.2, 0.25) is 0 Å². The lowest BCUT2D eigenvalue weighted by molar-refractivity contribution is -0.131. The number of alkyl carbamates (subject to hydrolysis) is 1. The number of unbranched alkanes of at least 4 members (excludes halogenated alkanes) is 2. The molecule has 0 aromatic rings. The van der Waals surface area contributed by atoms with E-state index in [1.165, 1.54) is 4.90 Å². The highest BCUT2D eigenvalue weighted by Gasteiger charge is 2.25. The summed E-state index contributed by atoms with van der Waals surface area (Å²) < 4.78 is 22.0. The molecule has 1 fully saturated rings. The Morgan fingerprint density at radius 2 is 1.63 bits per heavy atom. The van der Waals surface area contributed by atoms with Crippen LogP contribution < -0.4 is 5.32 Å². The van der Waals surface area contributed by atoms with Crippen LogP contribution in [-0.4, -0.2) is 82.0 Å². The summed E-state index contributed by atoms with van der Waals surface area (Å²) in [6, 6.07) is 0. The summed E-state index contributed by atoms with van der Waals surface area (Å²) in [5.74, 6) is 0.964. The average Bonchev–Trinajstić information content (AvgIpc) is 3.20. The van der Waals surface area contributed by atoms with Crippen molar-refractivity contribution in [1.29, 1.82) is 0 Å². The van der Waals surface area contributed by atoms with Crippen molar-refractivity contribution in [3.05, 3.63) is 24.4 Å². The van der Waals surface area contributed by atoms with E-state index in [0.29, 0.717) is 83.9 Å². The molecule has 1 aliphatic heterocycles. The van der Waals surface area contributed by atoms with Gasteiger partial charge in [-0.05, 0) is 63.2 Å². The van der Waals surface area contributed by atoms with Crippen molar-refractivity contribution in [2.45, 2.75) is 71.1 Å². The second kappa shape index (κ2) is 19.8. The molecule has 1 unspecified atom stereocenters. The molecule has 0 saturated carbocycles. The summed E-state index contributed by atoms with van der Waals surface area (Å²) >= 11 is 0. The van der Waals surface area contributed by atoms with Gasteiger partial charge >= 0.3 is 6.09 Å². The number of hydrogen-bond acceptors (Lipinski definition) is 7. The van der Waals surface area contributed by atoms with E-state index in [4.69, 9.17) is 18.9 Å². The van der Waals surface area contributed by atoms with E-state index in [9.17, 15) is 14.4 Å². The molecule has 1 aliphatic carbocycles. The lowest BCUT2D eigenvalue weighted by atomic mass is 9.85. The van der Waals surface area contributed by atoms with Gasteiger partial charge in [0, 0.05) is 38.3 Å². The Labute approximate surface area is 228 Å². The number of rotatable bonds is 19. The smallest absolute Gasteiger partial charge is 0.407 e. The van der Waals surface area contributed by atoms with Crippen molar-refractivity contribution in [1.82, 2.24) is 10.2 Å². The van der Waals surface area contributed by atoms with E-state index < -0.39 is 0 Å². The highest BCUT2D eigenvalue weighted by Crippen LogP contribution is 2.25. The van der Waals surface area contributed by atoms with Crippen LogP contribution in [0, 0.1) is 11.8 Å². The first-order valence-electron chi connectivity index (χ1n) is 14.3. The summed E-state index contributed by atoms with van der Waals surface area (Å²) in [6.45, 7) is 10.1. The number of nitrogens with one attached hydrogen (secondary N) is 1. The fraction of sp³-hybridized carbons (Fsp3) is 0.759. The van der Waals surface area contributed by atoms with Crippen LogP contribution >= 0.6 is 0 Å². The molecule has 1 saturated heterocycles. The molecule has 1 heterocycles. The minimum Gasteiger partial charge on any atom is -0.449 e. The summed E-state index contributed by atoms with van der Waals surface area (Å²) in [5, 5.41) is 2.74. The second-order valence-corrected chi connectivity index (χ2v) is 10.1. The number of Topliss-reactive ketones (excluding diaryl/α,β-unsaturated/α-hetero) is 1. The molecular formula is C29H48N2O7. The molecule has 2 rings (SSSR count). The molecule has 2 amide bonds. The number of ketones is 1. The maximum absolute atomic E-state index is 12.0. The number of hydrogen-bond donors (Lipinski definition) is 1. The van der Waals surface area contributed by atoms with E-state index in [2.05, 4.69) is 31.0 Å². The summed E-state index contributed by atoms with van der Waals surface area (Å²) in [6.07, 6.45) is 12.7. The SMILES string of the molecule is C=C1CCC(=O)N1CC(=O)CCOCCCCCOCCOCCNC(=O)OC[C@@H]1CC/C=C\CCC1C. The van der Waals surface area contributed by atoms with Gasteiger partial charge in [-0.25, -0.2) is 4.79 Å². The zero-order chi connectivity index (χ0) is 27.4. The van der Waals surface area contributed by atoms with E-state index in [1.54, 1.807) is 0 Å². The number of carbonyl (C=O) groups is 3. The molecule has 9 nitrogen and oxygen atoms in total. The Bertz CT molecular complexity index is 739. The molecule has 0 radical (unpaired) electrons. The van der Waals surface area contributed by atoms with E-state index in [-0.39, 0.29) is 24.3 Å². The number of ether oxygens (including phenoxy) is 4. The first kappa shape index (κ1) is 32.0. The van der Waals surface area contributed by atoms with Gasteiger partial charge in [0.25, 0.3) is 0 Å². The summed E-state index contributed by atoms with van der Waals surface area (Å²) in [5.41, 5.74) is 0.732. The minimum absolute atomic E-state index is 0.000696. The van der Waals surface area contributed by atoms with Gasteiger partial charge in [-0.3, -0.25) is 9.59 Å². The monoisotopic (exact) mass is 536 g/mol. The maximum atomic E-state index is 12.0. The topological polar surface area (TPSA) is 103 Å². The minimum atomic E-state index is -0.380. The largest absolute Gasteiger partial charge is 0.449 e. The Hall–Kier alpha value is -2.23. The molecule has 0 aromatic carbocycles. The number of carbonyl (C=O) groups excluding carboxylic acids is 3. The van der Waals surface area contributed by atoms with Crippen molar-refractivity contribution in [2.75, 3.05) is 59.3 Å². The number of nitrogens with zero attached hydrogens (tertiary/aromatic N) is 1. The van der Waals surface area contributed by atoms with Crippen LogP contribution in [0.25, 0.3) is 0 Å². The van der Waals surface area contributed by atoms with E-state index in [0.717, 1.165) is 50.6 Å². The average molecular weight is 537 g/mol. The zero-order valence-electron chi connectivity index (χ0n) is 23.3. The van der Waals surface area contributed by atoms with Crippen molar-refractivity contribution < 1.29 is 33.3 Å². The van der Waals surface area contributed by atoms with Gasteiger partial charge < -0.3 is 29.2 Å². The van der Waals surface area contributed by atoms with Crippen LogP contribution in [0.15, 0.2) is 24.4 Å². The number of amides is 2. The molecule has 2 atom stereocenters. The lowest BCUT2D eigenvalue weighted by Crippen LogP contribution is -2.31. The Morgan fingerprint density at radius 3 is 2.34 bits per heavy atom. The highest BCUT2D eigenvalue weighted by molar-refractivity contribution is 5.88. The van der Waals surface area contributed by atoms with Crippen LogP contribution in [0.4, 0.5) is 4.79 Å².